The van der Waals surface area contributed by atoms with E-state index in [1.807, 2.05) is 24.3 Å². The molecule has 0 bridgehead atoms. The molecule has 0 aliphatic carbocycles. The van der Waals surface area contributed by atoms with Crippen molar-refractivity contribution < 1.29 is 9.90 Å². The van der Waals surface area contributed by atoms with Crippen LogP contribution in [0.3, 0.4) is 0 Å². The number of fused-ring (bicyclic) bond motifs is 1. The molecule has 0 saturated carbocycles. The van der Waals surface area contributed by atoms with Gasteiger partial charge in [0, 0.05) is 42.8 Å². The van der Waals surface area contributed by atoms with E-state index < -0.39 is 5.97 Å². The second-order valence-electron chi connectivity index (χ2n) is 7.74. The van der Waals surface area contributed by atoms with Crippen LogP contribution in [0.4, 0.5) is 11.4 Å². The lowest BCUT2D eigenvalue weighted by atomic mass is 10.0. The summed E-state index contributed by atoms with van der Waals surface area (Å²) in [7, 11) is 0. The maximum absolute atomic E-state index is 11.5. The number of hydrogen-bond donors (Lipinski definition) is 1. The summed E-state index contributed by atoms with van der Waals surface area (Å²) in [6.07, 6.45) is 0. The van der Waals surface area contributed by atoms with Gasteiger partial charge < -0.3 is 14.9 Å². The van der Waals surface area contributed by atoms with E-state index in [1.54, 1.807) is 18.2 Å². The number of nitrogens with zero attached hydrogens (tertiary/aromatic N) is 3. The van der Waals surface area contributed by atoms with E-state index in [9.17, 15) is 9.90 Å². The minimum absolute atomic E-state index is 0.279. The Hall–Kier alpha value is -3.86. The van der Waals surface area contributed by atoms with Crippen LogP contribution in [0.5, 0.6) is 0 Å². The van der Waals surface area contributed by atoms with Gasteiger partial charge in [0.1, 0.15) is 0 Å². The van der Waals surface area contributed by atoms with Crippen LogP contribution in [0.2, 0.25) is 0 Å². The molecular formula is C26H23N3O2. The SMILES string of the molecule is O=C(O)c1ccc2nc(-c3ccccc3)c(N3CCN(c4ccccc4)CC3)cc2c1. The first-order valence-corrected chi connectivity index (χ1v) is 10.5. The second kappa shape index (κ2) is 8.11. The molecule has 1 aromatic heterocycles. The molecule has 1 saturated heterocycles. The quantitative estimate of drug-likeness (QED) is 0.518. The summed E-state index contributed by atoms with van der Waals surface area (Å²) in [5, 5.41) is 10.2. The second-order valence-corrected chi connectivity index (χ2v) is 7.74. The zero-order chi connectivity index (χ0) is 21.2. The minimum atomic E-state index is -0.924. The monoisotopic (exact) mass is 409 g/mol. The van der Waals surface area contributed by atoms with Crippen LogP contribution in [-0.2, 0) is 0 Å². The minimum Gasteiger partial charge on any atom is -0.478 e. The van der Waals surface area contributed by atoms with Gasteiger partial charge in [-0.3, -0.25) is 0 Å². The summed E-state index contributed by atoms with van der Waals surface area (Å²) in [6, 6.07) is 27.9. The van der Waals surface area contributed by atoms with Gasteiger partial charge in [-0.25, -0.2) is 9.78 Å². The van der Waals surface area contributed by atoms with E-state index in [4.69, 9.17) is 4.98 Å². The molecular weight excluding hydrogens is 386 g/mol. The van der Waals surface area contributed by atoms with Gasteiger partial charge in [0.25, 0.3) is 0 Å². The summed E-state index contributed by atoms with van der Waals surface area (Å²) < 4.78 is 0. The number of anilines is 2. The van der Waals surface area contributed by atoms with Gasteiger partial charge in [-0.15, -0.1) is 0 Å². The number of carbonyl (C=O) groups is 1. The van der Waals surface area contributed by atoms with Crippen molar-refractivity contribution in [2.45, 2.75) is 0 Å². The van der Waals surface area contributed by atoms with E-state index in [1.165, 1.54) is 5.69 Å². The third kappa shape index (κ3) is 3.82. The van der Waals surface area contributed by atoms with E-state index in [-0.39, 0.29) is 5.56 Å². The molecule has 5 heteroatoms. The van der Waals surface area contributed by atoms with Gasteiger partial charge >= 0.3 is 5.97 Å². The largest absolute Gasteiger partial charge is 0.478 e. The Balaban J connectivity index is 1.53. The van der Waals surface area contributed by atoms with E-state index in [2.05, 4.69) is 52.3 Å². The maximum Gasteiger partial charge on any atom is 0.335 e. The first-order valence-electron chi connectivity index (χ1n) is 10.5. The van der Waals surface area contributed by atoms with Gasteiger partial charge in [0.2, 0.25) is 0 Å². The van der Waals surface area contributed by atoms with Crippen LogP contribution < -0.4 is 9.80 Å². The zero-order valence-electron chi connectivity index (χ0n) is 17.1. The first-order chi connectivity index (χ1) is 15.2. The molecule has 154 valence electrons. The first kappa shape index (κ1) is 19.1. The zero-order valence-corrected chi connectivity index (χ0v) is 17.1. The number of carboxylic acid groups (broad SMARTS) is 1. The van der Waals surface area contributed by atoms with E-state index >= 15 is 0 Å². The molecule has 5 rings (SSSR count). The molecule has 0 unspecified atom stereocenters. The fraction of sp³-hybridized carbons (Fsp3) is 0.154. The molecule has 0 radical (unpaired) electrons. The lowest BCUT2D eigenvalue weighted by Gasteiger charge is -2.38. The average Bonchev–Trinajstić information content (AvgIpc) is 2.84. The predicted octanol–water partition coefficient (Wildman–Crippen LogP) is 4.93. The molecule has 1 aliphatic rings. The summed E-state index contributed by atoms with van der Waals surface area (Å²) in [6.45, 7) is 3.60. The molecule has 0 atom stereocenters. The summed E-state index contributed by atoms with van der Waals surface area (Å²) in [5.74, 6) is -0.924. The van der Waals surface area contributed by atoms with E-state index in [0.717, 1.165) is 54.0 Å². The fourth-order valence-corrected chi connectivity index (χ4v) is 4.19. The van der Waals surface area contributed by atoms with Gasteiger partial charge in [-0.05, 0) is 36.4 Å². The molecule has 2 heterocycles. The maximum atomic E-state index is 11.5. The number of benzene rings is 3. The van der Waals surface area contributed by atoms with Gasteiger partial charge in [0.05, 0.1) is 22.5 Å². The number of para-hydroxylation sites is 1. The number of carboxylic acids is 1. The van der Waals surface area contributed by atoms with Crippen LogP contribution in [-0.4, -0.2) is 42.2 Å². The molecule has 0 spiro atoms. The number of hydrogen-bond acceptors (Lipinski definition) is 4. The highest BCUT2D eigenvalue weighted by Gasteiger charge is 2.21. The molecule has 0 amide bonds. The van der Waals surface area contributed by atoms with Gasteiger partial charge in [0.15, 0.2) is 0 Å². The lowest BCUT2D eigenvalue weighted by Crippen LogP contribution is -2.46. The standard InChI is InChI=1S/C26H23N3O2/c30-26(31)20-11-12-23-21(17-20)18-24(25(27-23)19-7-3-1-4-8-19)29-15-13-28(14-16-29)22-9-5-2-6-10-22/h1-12,17-18H,13-16H2,(H,30,31). The highest BCUT2D eigenvalue weighted by Crippen LogP contribution is 2.33. The number of aromatic carboxylic acids is 1. The summed E-state index contributed by atoms with van der Waals surface area (Å²) in [4.78, 5) is 21.2. The Morgan fingerprint density at radius 1 is 0.774 bits per heavy atom. The molecule has 1 aliphatic heterocycles. The molecule has 1 fully saturated rings. The van der Waals surface area contributed by atoms with Crippen molar-refractivity contribution in [1.82, 2.24) is 4.98 Å². The number of aromatic nitrogens is 1. The van der Waals surface area contributed by atoms with Crippen LogP contribution in [0, 0.1) is 0 Å². The van der Waals surface area contributed by atoms with Gasteiger partial charge in [-0.2, -0.15) is 0 Å². The van der Waals surface area contributed by atoms with Crippen LogP contribution in [0.25, 0.3) is 22.2 Å². The molecule has 5 nitrogen and oxygen atoms in total. The number of rotatable bonds is 4. The van der Waals surface area contributed by atoms with Crippen molar-refractivity contribution in [3.05, 3.63) is 90.5 Å². The van der Waals surface area contributed by atoms with Crippen molar-refractivity contribution in [2.75, 3.05) is 36.0 Å². The van der Waals surface area contributed by atoms with Gasteiger partial charge in [-0.1, -0.05) is 48.5 Å². The van der Waals surface area contributed by atoms with Crippen LogP contribution in [0.1, 0.15) is 10.4 Å². The normalized spacial score (nSPS) is 14.1. The predicted molar refractivity (Wildman–Crippen MR) is 125 cm³/mol. The third-order valence-corrected chi connectivity index (χ3v) is 5.83. The van der Waals surface area contributed by atoms with Crippen LogP contribution >= 0.6 is 0 Å². The molecule has 4 aromatic rings. The topological polar surface area (TPSA) is 56.7 Å². The Morgan fingerprint density at radius 3 is 2.10 bits per heavy atom. The van der Waals surface area contributed by atoms with Crippen molar-refractivity contribution in [3.8, 4) is 11.3 Å². The highest BCUT2D eigenvalue weighted by atomic mass is 16.4. The smallest absolute Gasteiger partial charge is 0.335 e. The Labute approximate surface area is 181 Å². The number of pyridine rings is 1. The van der Waals surface area contributed by atoms with Crippen molar-refractivity contribution in [3.63, 3.8) is 0 Å². The average molecular weight is 409 g/mol. The Morgan fingerprint density at radius 2 is 1.42 bits per heavy atom. The third-order valence-electron chi connectivity index (χ3n) is 5.83. The van der Waals surface area contributed by atoms with Crippen molar-refractivity contribution >= 4 is 28.2 Å². The summed E-state index contributed by atoms with van der Waals surface area (Å²) >= 11 is 0. The van der Waals surface area contributed by atoms with E-state index in [0.29, 0.717) is 0 Å². The Bertz CT molecular complexity index is 1220. The van der Waals surface area contributed by atoms with Crippen molar-refractivity contribution in [2.24, 2.45) is 0 Å². The molecule has 3 aromatic carbocycles. The lowest BCUT2D eigenvalue weighted by molar-refractivity contribution is 0.0697. The molecule has 1 N–H and O–H groups in total. The highest BCUT2D eigenvalue weighted by molar-refractivity contribution is 5.96. The molecule has 31 heavy (non-hydrogen) atoms. The van der Waals surface area contributed by atoms with Crippen molar-refractivity contribution in [1.29, 1.82) is 0 Å². The number of piperazine rings is 1. The summed E-state index contributed by atoms with van der Waals surface area (Å²) in [5.41, 5.74) is 5.37. The fourth-order valence-electron chi connectivity index (χ4n) is 4.19. The van der Waals surface area contributed by atoms with Crippen LogP contribution in [0.15, 0.2) is 84.9 Å². The Kier molecular flexibility index (Phi) is 5.00.